The van der Waals surface area contributed by atoms with Crippen LogP contribution >= 0.6 is 11.3 Å². The molecule has 0 aliphatic carbocycles. The van der Waals surface area contributed by atoms with Crippen molar-refractivity contribution in [2.75, 3.05) is 6.54 Å². The Morgan fingerprint density at radius 2 is 2.00 bits per heavy atom. The molecule has 3 nitrogen and oxygen atoms in total. The zero-order valence-corrected chi connectivity index (χ0v) is 13.1. The van der Waals surface area contributed by atoms with Crippen molar-refractivity contribution in [3.63, 3.8) is 0 Å². The first kappa shape index (κ1) is 15.1. The highest BCUT2D eigenvalue weighted by Crippen LogP contribution is 2.27. The zero-order chi connectivity index (χ0) is 14.8. The molecule has 1 N–H and O–H groups in total. The number of benzene rings is 1. The maximum atomic E-state index is 13.3. The molecule has 5 heteroatoms. The molecular formula is C15H20FN3S. The van der Waals surface area contributed by atoms with Crippen molar-refractivity contribution in [2.24, 2.45) is 0 Å². The Morgan fingerprint density at radius 1 is 1.25 bits per heavy atom. The fourth-order valence-corrected chi connectivity index (χ4v) is 2.75. The summed E-state index contributed by atoms with van der Waals surface area (Å²) in [5.41, 5.74) is 1.95. The SMILES string of the molecule is Cc1ccc(F)cc1-c1nnc(CCNC(C)(C)C)s1. The molecule has 0 spiro atoms. The molecule has 2 rings (SSSR count). The fourth-order valence-electron chi connectivity index (χ4n) is 1.83. The summed E-state index contributed by atoms with van der Waals surface area (Å²) in [4.78, 5) is 0. The highest BCUT2D eigenvalue weighted by molar-refractivity contribution is 7.14. The third kappa shape index (κ3) is 4.08. The van der Waals surface area contributed by atoms with Crippen LogP contribution < -0.4 is 5.32 Å². The highest BCUT2D eigenvalue weighted by atomic mass is 32.1. The van der Waals surface area contributed by atoms with Crippen molar-refractivity contribution in [1.82, 2.24) is 15.5 Å². The number of hydrogen-bond acceptors (Lipinski definition) is 4. The smallest absolute Gasteiger partial charge is 0.148 e. The molecule has 0 fully saturated rings. The first-order valence-electron chi connectivity index (χ1n) is 6.69. The second-order valence-corrected chi connectivity index (χ2v) is 6.95. The number of halogens is 1. The van der Waals surface area contributed by atoms with Crippen molar-refractivity contribution >= 4 is 11.3 Å². The van der Waals surface area contributed by atoms with Gasteiger partial charge in [0.15, 0.2) is 0 Å². The number of aryl methyl sites for hydroxylation is 1. The van der Waals surface area contributed by atoms with Crippen LogP contribution in [0.5, 0.6) is 0 Å². The van der Waals surface area contributed by atoms with Crippen molar-refractivity contribution in [2.45, 2.75) is 39.7 Å². The van der Waals surface area contributed by atoms with E-state index >= 15 is 0 Å². The molecule has 20 heavy (non-hydrogen) atoms. The maximum absolute atomic E-state index is 13.3. The first-order chi connectivity index (χ1) is 9.35. The summed E-state index contributed by atoms with van der Waals surface area (Å²) in [5, 5.41) is 13.5. The lowest BCUT2D eigenvalue weighted by Gasteiger charge is -2.19. The lowest BCUT2D eigenvalue weighted by atomic mass is 10.1. The van der Waals surface area contributed by atoms with Gasteiger partial charge < -0.3 is 5.32 Å². The van der Waals surface area contributed by atoms with Gasteiger partial charge >= 0.3 is 0 Å². The fraction of sp³-hybridized carbons (Fsp3) is 0.467. The molecular weight excluding hydrogens is 273 g/mol. The van der Waals surface area contributed by atoms with E-state index in [4.69, 9.17) is 0 Å². The molecule has 1 aromatic carbocycles. The molecule has 0 radical (unpaired) electrons. The van der Waals surface area contributed by atoms with E-state index < -0.39 is 0 Å². The number of rotatable bonds is 4. The van der Waals surface area contributed by atoms with Gasteiger partial charge in [0.05, 0.1) is 0 Å². The van der Waals surface area contributed by atoms with E-state index in [2.05, 4.69) is 36.3 Å². The van der Waals surface area contributed by atoms with Gasteiger partial charge in [-0.1, -0.05) is 17.4 Å². The predicted octanol–water partition coefficient (Wildman–Crippen LogP) is 3.58. The van der Waals surface area contributed by atoms with Crippen molar-refractivity contribution in [1.29, 1.82) is 0 Å². The molecule has 0 saturated heterocycles. The molecule has 1 aromatic heterocycles. The summed E-state index contributed by atoms with van der Waals surface area (Å²) < 4.78 is 13.3. The third-order valence-corrected chi connectivity index (χ3v) is 3.91. The van der Waals surface area contributed by atoms with Gasteiger partial charge in [0.1, 0.15) is 15.8 Å². The summed E-state index contributed by atoms with van der Waals surface area (Å²) in [5.74, 6) is -0.239. The van der Waals surface area contributed by atoms with Gasteiger partial charge in [0, 0.05) is 24.1 Å². The minimum atomic E-state index is -0.239. The van der Waals surface area contributed by atoms with Crippen LogP contribution in [0.3, 0.4) is 0 Å². The van der Waals surface area contributed by atoms with Crippen LogP contribution in [0.2, 0.25) is 0 Å². The van der Waals surface area contributed by atoms with Crippen molar-refractivity contribution < 1.29 is 4.39 Å². The van der Waals surface area contributed by atoms with Crippen LogP contribution in [0.4, 0.5) is 4.39 Å². The molecule has 0 aliphatic rings. The molecule has 2 aromatic rings. The van der Waals surface area contributed by atoms with Crippen LogP contribution in [0.1, 0.15) is 31.3 Å². The summed E-state index contributed by atoms with van der Waals surface area (Å²) in [7, 11) is 0. The average Bonchev–Trinajstić information content (AvgIpc) is 2.79. The van der Waals surface area contributed by atoms with Crippen LogP contribution in [-0.2, 0) is 6.42 Å². The van der Waals surface area contributed by atoms with E-state index in [1.807, 2.05) is 6.92 Å². The van der Waals surface area contributed by atoms with Gasteiger partial charge in [0.2, 0.25) is 0 Å². The first-order valence-corrected chi connectivity index (χ1v) is 7.51. The zero-order valence-electron chi connectivity index (χ0n) is 12.3. The van der Waals surface area contributed by atoms with Gasteiger partial charge in [-0.2, -0.15) is 0 Å². The van der Waals surface area contributed by atoms with Crippen LogP contribution in [-0.4, -0.2) is 22.3 Å². The van der Waals surface area contributed by atoms with Crippen LogP contribution in [0, 0.1) is 12.7 Å². The van der Waals surface area contributed by atoms with Crippen LogP contribution in [0.15, 0.2) is 18.2 Å². The Labute approximate surface area is 123 Å². The Balaban J connectivity index is 2.07. The Bertz CT molecular complexity index is 587. The number of aromatic nitrogens is 2. The van der Waals surface area contributed by atoms with Crippen molar-refractivity contribution in [3.8, 4) is 10.6 Å². The van der Waals surface area contributed by atoms with E-state index in [0.717, 1.165) is 34.1 Å². The molecule has 0 atom stereocenters. The Morgan fingerprint density at radius 3 is 2.70 bits per heavy atom. The minimum Gasteiger partial charge on any atom is -0.312 e. The largest absolute Gasteiger partial charge is 0.312 e. The van der Waals surface area contributed by atoms with Gasteiger partial charge in [-0.25, -0.2) is 4.39 Å². The molecule has 108 valence electrons. The van der Waals surface area contributed by atoms with Gasteiger partial charge in [-0.05, 0) is 45.4 Å². The summed E-state index contributed by atoms with van der Waals surface area (Å²) >= 11 is 1.53. The molecule has 0 bridgehead atoms. The van der Waals surface area contributed by atoms with E-state index in [9.17, 15) is 4.39 Å². The minimum absolute atomic E-state index is 0.104. The monoisotopic (exact) mass is 293 g/mol. The average molecular weight is 293 g/mol. The third-order valence-electron chi connectivity index (χ3n) is 2.89. The highest BCUT2D eigenvalue weighted by Gasteiger charge is 2.12. The summed E-state index contributed by atoms with van der Waals surface area (Å²) in [6, 6.07) is 4.76. The van der Waals surface area contributed by atoms with E-state index in [1.165, 1.54) is 23.5 Å². The van der Waals surface area contributed by atoms with E-state index in [1.54, 1.807) is 6.07 Å². The Kier molecular flexibility index (Phi) is 4.50. The molecule has 0 amide bonds. The number of nitrogens with one attached hydrogen (secondary N) is 1. The molecule has 0 aliphatic heterocycles. The van der Waals surface area contributed by atoms with Gasteiger partial charge in [-0.15, -0.1) is 10.2 Å². The molecule has 1 heterocycles. The quantitative estimate of drug-likeness (QED) is 0.936. The molecule has 0 unspecified atom stereocenters. The van der Waals surface area contributed by atoms with Crippen molar-refractivity contribution in [3.05, 3.63) is 34.6 Å². The number of nitrogens with zero attached hydrogens (tertiary/aromatic N) is 2. The Hall–Kier alpha value is -1.33. The number of hydrogen-bond donors (Lipinski definition) is 1. The van der Waals surface area contributed by atoms with Gasteiger partial charge in [0.25, 0.3) is 0 Å². The standard InChI is InChI=1S/C15H20FN3S/c1-10-5-6-11(16)9-12(10)14-19-18-13(20-14)7-8-17-15(2,3)4/h5-6,9,17H,7-8H2,1-4H3. The van der Waals surface area contributed by atoms with Gasteiger partial charge in [-0.3, -0.25) is 0 Å². The van der Waals surface area contributed by atoms with E-state index in [0.29, 0.717) is 0 Å². The second kappa shape index (κ2) is 5.97. The second-order valence-electron chi connectivity index (χ2n) is 5.89. The lowest BCUT2D eigenvalue weighted by Crippen LogP contribution is -2.37. The van der Waals surface area contributed by atoms with E-state index in [-0.39, 0.29) is 11.4 Å². The lowest BCUT2D eigenvalue weighted by molar-refractivity contribution is 0.429. The predicted molar refractivity (Wildman–Crippen MR) is 81.5 cm³/mol. The summed E-state index contributed by atoms with van der Waals surface area (Å²) in [6.07, 6.45) is 0.837. The maximum Gasteiger partial charge on any atom is 0.148 e. The van der Waals surface area contributed by atoms with Crippen LogP contribution in [0.25, 0.3) is 10.6 Å². The normalized spacial score (nSPS) is 11.8. The summed E-state index contributed by atoms with van der Waals surface area (Å²) in [6.45, 7) is 9.22. The topological polar surface area (TPSA) is 37.8 Å². The molecule has 0 saturated carbocycles.